The van der Waals surface area contributed by atoms with Gasteiger partial charge < -0.3 is 19.5 Å². The standard InChI is InChI=1S/C15H25NO6/c1-15(2,3)22-14(20)16-7-5-10(9-12(17)21-4)11(6-8-16)13(18)19/h10-11H,5-9H2,1-4H3,(H,18,19). The third-order valence-corrected chi connectivity index (χ3v) is 3.67. The first-order chi connectivity index (χ1) is 10.1. The Hall–Kier alpha value is -1.79. The Kier molecular flexibility index (Phi) is 6.20. The van der Waals surface area contributed by atoms with Crippen LogP contribution in [-0.4, -0.2) is 53.8 Å². The van der Waals surface area contributed by atoms with Crippen LogP contribution >= 0.6 is 0 Å². The van der Waals surface area contributed by atoms with Crippen molar-refractivity contribution in [1.82, 2.24) is 4.90 Å². The van der Waals surface area contributed by atoms with Crippen LogP contribution < -0.4 is 0 Å². The molecule has 2 unspecified atom stereocenters. The highest BCUT2D eigenvalue weighted by molar-refractivity contribution is 5.74. The van der Waals surface area contributed by atoms with Crippen molar-refractivity contribution in [1.29, 1.82) is 0 Å². The Morgan fingerprint density at radius 2 is 1.77 bits per heavy atom. The second-order valence-corrected chi connectivity index (χ2v) is 6.53. The molecule has 1 N–H and O–H groups in total. The molecular weight excluding hydrogens is 290 g/mol. The van der Waals surface area contributed by atoms with Gasteiger partial charge in [0.25, 0.3) is 0 Å². The molecular formula is C15H25NO6. The summed E-state index contributed by atoms with van der Waals surface area (Å²) >= 11 is 0. The van der Waals surface area contributed by atoms with Crippen molar-refractivity contribution in [3.8, 4) is 0 Å². The first-order valence-electron chi connectivity index (χ1n) is 7.41. The highest BCUT2D eigenvalue weighted by Crippen LogP contribution is 2.28. The zero-order chi connectivity index (χ0) is 16.9. The molecule has 1 heterocycles. The van der Waals surface area contributed by atoms with Crippen LogP contribution in [-0.2, 0) is 19.1 Å². The van der Waals surface area contributed by atoms with E-state index in [1.165, 1.54) is 12.0 Å². The van der Waals surface area contributed by atoms with Gasteiger partial charge in [-0.15, -0.1) is 0 Å². The first kappa shape index (κ1) is 18.3. The molecule has 1 fully saturated rings. The van der Waals surface area contributed by atoms with Crippen LogP contribution in [0.5, 0.6) is 0 Å². The smallest absolute Gasteiger partial charge is 0.410 e. The lowest BCUT2D eigenvalue weighted by Gasteiger charge is -2.26. The Labute approximate surface area is 130 Å². The van der Waals surface area contributed by atoms with Crippen molar-refractivity contribution in [3.05, 3.63) is 0 Å². The van der Waals surface area contributed by atoms with Gasteiger partial charge >= 0.3 is 18.0 Å². The Bertz CT molecular complexity index is 428. The molecule has 1 rings (SSSR count). The van der Waals surface area contributed by atoms with Gasteiger partial charge in [-0.25, -0.2) is 4.79 Å². The highest BCUT2D eigenvalue weighted by atomic mass is 16.6. The molecule has 0 aromatic rings. The molecule has 1 aliphatic rings. The molecule has 0 bridgehead atoms. The number of hydrogen-bond acceptors (Lipinski definition) is 5. The number of ether oxygens (including phenoxy) is 2. The van der Waals surface area contributed by atoms with Gasteiger partial charge in [0.2, 0.25) is 0 Å². The number of carboxylic acid groups (broad SMARTS) is 1. The number of likely N-dealkylation sites (tertiary alicyclic amines) is 1. The molecule has 0 aliphatic carbocycles. The molecule has 126 valence electrons. The summed E-state index contributed by atoms with van der Waals surface area (Å²) in [6, 6.07) is 0. The van der Waals surface area contributed by atoms with E-state index in [2.05, 4.69) is 4.74 Å². The third-order valence-electron chi connectivity index (χ3n) is 3.67. The minimum Gasteiger partial charge on any atom is -0.481 e. The average molecular weight is 315 g/mol. The number of rotatable bonds is 3. The van der Waals surface area contributed by atoms with Gasteiger partial charge in [-0.3, -0.25) is 9.59 Å². The number of carboxylic acids is 1. The highest BCUT2D eigenvalue weighted by Gasteiger charge is 2.35. The summed E-state index contributed by atoms with van der Waals surface area (Å²) in [7, 11) is 1.28. The lowest BCUT2D eigenvalue weighted by Crippen LogP contribution is -2.37. The SMILES string of the molecule is COC(=O)CC1CCN(C(=O)OC(C)(C)C)CCC1C(=O)O. The maximum absolute atomic E-state index is 12.1. The normalized spacial score (nSPS) is 22.6. The fourth-order valence-corrected chi connectivity index (χ4v) is 2.54. The molecule has 2 atom stereocenters. The summed E-state index contributed by atoms with van der Waals surface area (Å²) in [6.45, 7) is 6.03. The van der Waals surface area contributed by atoms with E-state index in [1.54, 1.807) is 20.8 Å². The summed E-state index contributed by atoms with van der Waals surface area (Å²) in [6.07, 6.45) is 0.340. The molecule has 0 spiro atoms. The fraction of sp³-hybridized carbons (Fsp3) is 0.800. The molecule has 1 aliphatic heterocycles. The van der Waals surface area contributed by atoms with Crippen molar-refractivity contribution in [2.45, 2.75) is 45.6 Å². The predicted molar refractivity (Wildman–Crippen MR) is 78.3 cm³/mol. The van der Waals surface area contributed by atoms with Gasteiger partial charge in [-0.05, 0) is 39.5 Å². The van der Waals surface area contributed by atoms with Crippen molar-refractivity contribution < 1.29 is 29.0 Å². The number of hydrogen-bond donors (Lipinski definition) is 1. The summed E-state index contributed by atoms with van der Waals surface area (Å²) in [5.74, 6) is -2.37. The topological polar surface area (TPSA) is 93.1 Å². The third kappa shape index (κ3) is 5.54. The zero-order valence-electron chi connectivity index (χ0n) is 13.6. The minimum atomic E-state index is -0.944. The quantitative estimate of drug-likeness (QED) is 0.800. The molecule has 7 heteroatoms. The van der Waals surface area contributed by atoms with E-state index in [1.807, 2.05) is 0 Å². The number of amides is 1. The number of methoxy groups -OCH3 is 1. The summed E-state index contributed by atoms with van der Waals surface area (Å²) in [5.41, 5.74) is -0.596. The van der Waals surface area contributed by atoms with Crippen molar-refractivity contribution in [2.24, 2.45) is 11.8 Å². The molecule has 0 aromatic heterocycles. The molecule has 0 saturated carbocycles. The van der Waals surface area contributed by atoms with E-state index in [0.717, 1.165) is 0 Å². The molecule has 22 heavy (non-hydrogen) atoms. The van der Waals surface area contributed by atoms with E-state index in [0.29, 0.717) is 25.9 Å². The van der Waals surface area contributed by atoms with Crippen LogP contribution in [0, 0.1) is 11.8 Å². The van der Waals surface area contributed by atoms with Gasteiger partial charge in [0, 0.05) is 19.5 Å². The van der Waals surface area contributed by atoms with Crippen LogP contribution in [0.2, 0.25) is 0 Å². The van der Waals surface area contributed by atoms with Gasteiger partial charge in [0.15, 0.2) is 0 Å². The molecule has 1 saturated heterocycles. The lowest BCUT2D eigenvalue weighted by atomic mass is 9.85. The van der Waals surface area contributed by atoms with Gasteiger partial charge in [0.05, 0.1) is 13.0 Å². The van der Waals surface area contributed by atoms with Crippen LogP contribution in [0.25, 0.3) is 0 Å². The monoisotopic (exact) mass is 315 g/mol. The van der Waals surface area contributed by atoms with Gasteiger partial charge in [0.1, 0.15) is 5.60 Å². The first-order valence-corrected chi connectivity index (χ1v) is 7.41. The fourth-order valence-electron chi connectivity index (χ4n) is 2.54. The summed E-state index contributed by atoms with van der Waals surface area (Å²) < 4.78 is 9.94. The Balaban J connectivity index is 2.75. The van der Waals surface area contributed by atoms with Gasteiger partial charge in [-0.1, -0.05) is 0 Å². The van der Waals surface area contributed by atoms with Crippen LogP contribution in [0.1, 0.15) is 40.0 Å². The number of carbonyl (C=O) groups is 3. The van der Waals surface area contributed by atoms with E-state index < -0.39 is 29.6 Å². The summed E-state index contributed by atoms with van der Waals surface area (Å²) in [4.78, 5) is 36.5. The number of aliphatic carboxylic acids is 1. The van der Waals surface area contributed by atoms with Crippen LogP contribution in [0.3, 0.4) is 0 Å². The van der Waals surface area contributed by atoms with Crippen molar-refractivity contribution >= 4 is 18.0 Å². The maximum Gasteiger partial charge on any atom is 0.410 e. The number of nitrogens with zero attached hydrogens (tertiary/aromatic N) is 1. The Morgan fingerprint density at radius 1 is 1.18 bits per heavy atom. The molecule has 1 amide bonds. The van der Waals surface area contributed by atoms with Crippen LogP contribution in [0.4, 0.5) is 4.79 Å². The van der Waals surface area contributed by atoms with E-state index in [4.69, 9.17) is 4.74 Å². The minimum absolute atomic E-state index is 0.0512. The molecule has 7 nitrogen and oxygen atoms in total. The van der Waals surface area contributed by atoms with E-state index in [-0.39, 0.29) is 12.3 Å². The maximum atomic E-state index is 12.1. The number of esters is 1. The zero-order valence-corrected chi connectivity index (χ0v) is 13.6. The summed E-state index contributed by atoms with van der Waals surface area (Å²) in [5, 5.41) is 9.34. The molecule has 0 radical (unpaired) electrons. The second-order valence-electron chi connectivity index (χ2n) is 6.53. The van der Waals surface area contributed by atoms with Gasteiger partial charge in [-0.2, -0.15) is 0 Å². The predicted octanol–water partition coefficient (Wildman–Crippen LogP) is 1.90. The Morgan fingerprint density at radius 3 is 2.27 bits per heavy atom. The van der Waals surface area contributed by atoms with Crippen molar-refractivity contribution in [3.63, 3.8) is 0 Å². The molecule has 0 aromatic carbocycles. The second kappa shape index (κ2) is 7.47. The average Bonchev–Trinajstić information content (AvgIpc) is 2.59. The van der Waals surface area contributed by atoms with E-state index >= 15 is 0 Å². The van der Waals surface area contributed by atoms with Crippen LogP contribution in [0.15, 0.2) is 0 Å². The lowest BCUT2D eigenvalue weighted by molar-refractivity contribution is -0.146. The number of carbonyl (C=O) groups excluding carboxylic acids is 2. The largest absolute Gasteiger partial charge is 0.481 e. The van der Waals surface area contributed by atoms with Crippen molar-refractivity contribution in [2.75, 3.05) is 20.2 Å². The van der Waals surface area contributed by atoms with E-state index in [9.17, 15) is 19.5 Å².